The van der Waals surface area contributed by atoms with E-state index in [1.807, 2.05) is 12.1 Å². The molecule has 3 aromatic rings. The minimum atomic E-state index is -3.78. The summed E-state index contributed by atoms with van der Waals surface area (Å²) in [5, 5.41) is 4.83. The topological polar surface area (TPSA) is 66.5 Å². The molecule has 0 saturated carbocycles. The second-order valence-electron chi connectivity index (χ2n) is 5.85. The monoisotopic (exact) mass is 406 g/mol. The Hall–Kier alpha value is -2.28. The molecule has 0 saturated heterocycles. The van der Waals surface area contributed by atoms with Crippen molar-refractivity contribution < 1.29 is 13.2 Å². The molecular formula is C18H12Cl2N2O3S. The van der Waals surface area contributed by atoms with Gasteiger partial charge in [0.25, 0.3) is 10.0 Å². The van der Waals surface area contributed by atoms with Crippen LogP contribution in [0.25, 0.3) is 10.8 Å². The van der Waals surface area contributed by atoms with Crippen molar-refractivity contribution in [3.63, 3.8) is 0 Å². The van der Waals surface area contributed by atoms with E-state index in [4.69, 9.17) is 23.2 Å². The highest BCUT2D eigenvalue weighted by atomic mass is 35.5. The van der Waals surface area contributed by atoms with Gasteiger partial charge in [-0.2, -0.15) is 0 Å². The second kappa shape index (κ2) is 6.16. The van der Waals surface area contributed by atoms with Gasteiger partial charge in [-0.15, -0.1) is 0 Å². The lowest BCUT2D eigenvalue weighted by Gasteiger charge is -2.18. The van der Waals surface area contributed by atoms with Crippen LogP contribution >= 0.6 is 23.2 Å². The van der Waals surface area contributed by atoms with E-state index in [9.17, 15) is 13.2 Å². The highest BCUT2D eigenvalue weighted by Gasteiger charge is 2.36. The van der Waals surface area contributed by atoms with Gasteiger partial charge in [0, 0.05) is 21.1 Å². The number of sulfonamides is 1. The van der Waals surface area contributed by atoms with E-state index in [-0.39, 0.29) is 11.4 Å². The molecule has 1 N–H and O–H groups in total. The van der Waals surface area contributed by atoms with Crippen LogP contribution < -0.4 is 9.62 Å². The van der Waals surface area contributed by atoms with Crippen molar-refractivity contribution in [1.29, 1.82) is 0 Å². The lowest BCUT2D eigenvalue weighted by molar-refractivity contribution is -0.114. The first-order valence-electron chi connectivity index (χ1n) is 7.67. The quantitative estimate of drug-likeness (QED) is 0.704. The Morgan fingerprint density at radius 2 is 1.65 bits per heavy atom. The van der Waals surface area contributed by atoms with Crippen molar-refractivity contribution in [2.24, 2.45) is 0 Å². The van der Waals surface area contributed by atoms with E-state index in [0.29, 0.717) is 26.8 Å². The Morgan fingerprint density at radius 3 is 2.35 bits per heavy atom. The summed E-state index contributed by atoms with van der Waals surface area (Å²) in [7, 11) is -3.78. The third-order valence-corrected chi connectivity index (χ3v) is 6.35. The summed E-state index contributed by atoms with van der Waals surface area (Å²) >= 11 is 11.8. The van der Waals surface area contributed by atoms with Gasteiger partial charge in [-0.05, 0) is 35.7 Å². The number of nitrogens with zero attached hydrogens (tertiary/aromatic N) is 1. The molecule has 1 heterocycles. The minimum Gasteiger partial charge on any atom is -0.324 e. The van der Waals surface area contributed by atoms with Crippen LogP contribution in [0.2, 0.25) is 10.0 Å². The average molecular weight is 407 g/mol. The number of amides is 1. The Balaban J connectivity index is 1.67. The molecule has 4 rings (SSSR count). The van der Waals surface area contributed by atoms with Gasteiger partial charge in [0.1, 0.15) is 6.54 Å². The standard InChI is InChI=1S/C18H12Cl2N2O3S/c19-12-7-13(20)9-14(8-12)21-17(23)10-22-15-5-1-3-11-4-2-6-16(18(11)15)26(22,24)25/h1-9H,10H2,(H,21,23). The van der Waals surface area contributed by atoms with Crippen LogP contribution in [0.5, 0.6) is 0 Å². The summed E-state index contributed by atoms with van der Waals surface area (Å²) in [4.78, 5) is 12.7. The maximum absolute atomic E-state index is 12.9. The van der Waals surface area contributed by atoms with Crippen LogP contribution in [0.15, 0.2) is 59.5 Å². The maximum atomic E-state index is 12.9. The van der Waals surface area contributed by atoms with Gasteiger partial charge in [-0.25, -0.2) is 8.42 Å². The average Bonchev–Trinajstić information content (AvgIpc) is 2.77. The molecular weight excluding hydrogens is 395 g/mol. The van der Waals surface area contributed by atoms with Crippen molar-refractivity contribution >= 4 is 61.3 Å². The van der Waals surface area contributed by atoms with Crippen molar-refractivity contribution in [3.05, 3.63) is 64.6 Å². The molecule has 26 heavy (non-hydrogen) atoms. The van der Waals surface area contributed by atoms with E-state index in [0.717, 1.165) is 9.69 Å². The van der Waals surface area contributed by atoms with Gasteiger partial charge in [-0.3, -0.25) is 9.10 Å². The fourth-order valence-electron chi connectivity index (χ4n) is 3.09. The van der Waals surface area contributed by atoms with Gasteiger partial charge in [-0.1, -0.05) is 47.5 Å². The van der Waals surface area contributed by atoms with Gasteiger partial charge in [0.05, 0.1) is 10.6 Å². The molecule has 132 valence electrons. The molecule has 0 unspecified atom stereocenters. The first-order chi connectivity index (χ1) is 12.4. The minimum absolute atomic E-state index is 0.212. The second-order valence-corrected chi connectivity index (χ2v) is 8.55. The fourth-order valence-corrected chi connectivity index (χ4v) is 5.28. The smallest absolute Gasteiger partial charge is 0.265 e. The van der Waals surface area contributed by atoms with Gasteiger partial charge in [0.15, 0.2) is 0 Å². The Kier molecular flexibility index (Phi) is 4.06. The number of nitrogens with one attached hydrogen (secondary N) is 1. The molecule has 8 heteroatoms. The largest absolute Gasteiger partial charge is 0.324 e. The molecule has 0 fully saturated rings. The number of benzene rings is 3. The third-order valence-electron chi connectivity index (χ3n) is 4.11. The number of rotatable bonds is 3. The van der Waals surface area contributed by atoms with Crippen LogP contribution in [0.4, 0.5) is 11.4 Å². The molecule has 0 atom stereocenters. The number of hydrogen-bond acceptors (Lipinski definition) is 3. The molecule has 0 aliphatic carbocycles. The number of anilines is 2. The number of halogens is 2. The summed E-state index contributed by atoms with van der Waals surface area (Å²) in [6, 6.07) is 15.0. The third kappa shape index (κ3) is 2.80. The summed E-state index contributed by atoms with van der Waals surface area (Å²) in [5.41, 5.74) is 0.900. The molecule has 0 aromatic heterocycles. The first-order valence-corrected chi connectivity index (χ1v) is 9.86. The van der Waals surface area contributed by atoms with Crippen LogP contribution in [0.3, 0.4) is 0 Å². The number of carbonyl (C=O) groups excluding carboxylic acids is 1. The molecule has 1 amide bonds. The molecule has 1 aliphatic rings. The van der Waals surface area contributed by atoms with Crippen LogP contribution in [0.1, 0.15) is 0 Å². The van der Waals surface area contributed by atoms with E-state index >= 15 is 0 Å². The molecule has 1 aliphatic heterocycles. The SMILES string of the molecule is O=C(CN1c2cccc3cccc(c23)S1(=O)=O)Nc1cc(Cl)cc(Cl)c1. The maximum Gasteiger partial charge on any atom is 0.265 e. The Bertz CT molecular complexity index is 1140. The summed E-state index contributed by atoms with van der Waals surface area (Å²) in [5.74, 6) is -0.489. The number of hydrogen-bond donors (Lipinski definition) is 1. The van der Waals surface area contributed by atoms with Gasteiger partial charge < -0.3 is 5.32 Å². The lowest BCUT2D eigenvalue weighted by atomic mass is 10.1. The lowest BCUT2D eigenvalue weighted by Crippen LogP contribution is -2.35. The molecule has 0 bridgehead atoms. The predicted molar refractivity (Wildman–Crippen MR) is 104 cm³/mol. The summed E-state index contributed by atoms with van der Waals surface area (Å²) in [6.45, 7) is -0.347. The van der Waals surface area contributed by atoms with E-state index < -0.39 is 15.9 Å². The highest BCUT2D eigenvalue weighted by Crippen LogP contribution is 2.41. The van der Waals surface area contributed by atoms with Crippen LogP contribution in [-0.2, 0) is 14.8 Å². The van der Waals surface area contributed by atoms with Gasteiger partial charge in [0.2, 0.25) is 5.91 Å². The summed E-state index contributed by atoms with van der Waals surface area (Å²) in [6.07, 6.45) is 0. The zero-order chi connectivity index (χ0) is 18.5. The van der Waals surface area contributed by atoms with Crippen molar-refractivity contribution in [2.45, 2.75) is 4.90 Å². The molecule has 5 nitrogen and oxygen atoms in total. The Morgan fingerprint density at radius 1 is 1.00 bits per heavy atom. The van der Waals surface area contributed by atoms with E-state index in [1.165, 1.54) is 0 Å². The van der Waals surface area contributed by atoms with E-state index in [1.54, 1.807) is 42.5 Å². The zero-order valence-corrected chi connectivity index (χ0v) is 15.6. The predicted octanol–water partition coefficient (Wildman–Crippen LogP) is 4.29. The highest BCUT2D eigenvalue weighted by molar-refractivity contribution is 7.93. The van der Waals surface area contributed by atoms with Crippen LogP contribution in [0, 0.1) is 0 Å². The zero-order valence-electron chi connectivity index (χ0n) is 13.2. The molecule has 0 radical (unpaired) electrons. The Labute approximate surface area is 160 Å². The first kappa shape index (κ1) is 17.1. The number of carbonyl (C=O) groups is 1. The summed E-state index contributed by atoms with van der Waals surface area (Å²) < 4.78 is 26.8. The normalized spacial score (nSPS) is 14.6. The molecule has 3 aromatic carbocycles. The molecule has 0 spiro atoms. The van der Waals surface area contributed by atoms with Crippen molar-refractivity contribution in [3.8, 4) is 0 Å². The fraction of sp³-hybridized carbons (Fsp3) is 0.0556. The van der Waals surface area contributed by atoms with Crippen molar-refractivity contribution in [2.75, 3.05) is 16.2 Å². The van der Waals surface area contributed by atoms with Crippen LogP contribution in [-0.4, -0.2) is 20.9 Å². The van der Waals surface area contributed by atoms with E-state index in [2.05, 4.69) is 5.32 Å². The van der Waals surface area contributed by atoms with Crippen molar-refractivity contribution in [1.82, 2.24) is 0 Å². The van der Waals surface area contributed by atoms with Gasteiger partial charge >= 0.3 is 0 Å².